The molecule has 1 heterocycles. The van der Waals surface area contributed by atoms with Gasteiger partial charge >= 0.3 is 5.97 Å². The van der Waals surface area contributed by atoms with E-state index in [0.717, 1.165) is 0 Å². The lowest BCUT2D eigenvalue weighted by Gasteiger charge is -2.16. The highest BCUT2D eigenvalue weighted by Crippen LogP contribution is 2.21. The Morgan fingerprint density at radius 3 is 2.43 bits per heavy atom. The molecule has 3 rings (SSSR count). The van der Waals surface area contributed by atoms with Gasteiger partial charge in [0.15, 0.2) is 6.61 Å². The van der Waals surface area contributed by atoms with Crippen LogP contribution in [0.5, 0.6) is 0 Å². The predicted octanol–water partition coefficient (Wildman–Crippen LogP) is 4.81. The zero-order valence-corrected chi connectivity index (χ0v) is 16.9. The van der Waals surface area contributed by atoms with Crippen LogP contribution >= 0.6 is 11.6 Å². The van der Waals surface area contributed by atoms with Gasteiger partial charge in [0.1, 0.15) is 11.6 Å². The number of esters is 1. The maximum Gasteiger partial charge on any atom is 0.339 e. The molecule has 0 aliphatic rings. The number of hydrogen-bond donors (Lipinski definition) is 0. The molecule has 0 radical (unpaired) electrons. The van der Waals surface area contributed by atoms with Gasteiger partial charge < -0.3 is 14.1 Å². The van der Waals surface area contributed by atoms with Crippen LogP contribution in [0.1, 0.15) is 16.9 Å². The van der Waals surface area contributed by atoms with Gasteiger partial charge in [-0.25, -0.2) is 9.18 Å². The van der Waals surface area contributed by atoms with Crippen molar-refractivity contribution in [1.82, 2.24) is 4.90 Å². The summed E-state index contributed by atoms with van der Waals surface area (Å²) in [7, 11) is 1.59. The standard InChI is InChI=1S/C23H19ClFNO4/c1-26(14-20-3-2-12-29-20)22(27)15-30-23(28)21(17-6-10-19(25)11-7-17)13-16-4-8-18(24)9-5-16/h2-13H,14-15H2,1H3/b21-13+. The number of carbonyl (C=O) groups is 2. The van der Waals surface area contributed by atoms with Gasteiger partial charge in [-0.3, -0.25) is 4.79 Å². The maximum absolute atomic E-state index is 13.3. The first-order valence-corrected chi connectivity index (χ1v) is 9.47. The molecule has 154 valence electrons. The van der Waals surface area contributed by atoms with Crippen molar-refractivity contribution in [3.05, 3.63) is 94.7 Å². The van der Waals surface area contributed by atoms with E-state index in [4.69, 9.17) is 20.8 Å². The fraction of sp³-hybridized carbons (Fsp3) is 0.130. The molecule has 0 saturated heterocycles. The molecule has 0 N–H and O–H groups in total. The minimum absolute atomic E-state index is 0.193. The first-order valence-electron chi connectivity index (χ1n) is 9.09. The Balaban J connectivity index is 1.74. The Morgan fingerprint density at radius 1 is 1.10 bits per heavy atom. The Bertz CT molecular complexity index is 1030. The van der Waals surface area contributed by atoms with E-state index in [0.29, 0.717) is 21.9 Å². The lowest BCUT2D eigenvalue weighted by molar-refractivity contribution is -0.147. The third-order valence-electron chi connectivity index (χ3n) is 4.28. The molecular formula is C23H19ClFNO4. The van der Waals surface area contributed by atoms with E-state index in [1.807, 2.05) is 0 Å². The number of likely N-dealkylation sites (N-methyl/N-ethyl adjacent to an activating group) is 1. The van der Waals surface area contributed by atoms with Crippen LogP contribution in [0.2, 0.25) is 5.02 Å². The van der Waals surface area contributed by atoms with Crippen molar-refractivity contribution in [2.75, 3.05) is 13.7 Å². The first kappa shape index (κ1) is 21.3. The van der Waals surface area contributed by atoms with E-state index in [9.17, 15) is 14.0 Å². The molecule has 1 amide bonds. The second-order valence-electron chi connectivity index (χ2n) is 6.52. The van der Waals surface area contributed by atoms with Crippen LogP contribution in [-0.2, 0) is 20.9 Å². The molecule has 7 heteroatoms. The van der Waals surface area contributed by atoms with Crippen molar-refractivity contribution in [3.8, 4) is 0 Å². The van der Waals surface area contributed by atoms with Gasteiger partial charge in [0.05, 0.1) is 18.4 Å². The maximum atomic E-state index is 13.3. The molecule has 1 aromatic heterocycles. The number of benzene rings is 2. The van der Waals surface area contributed by atoms with Gasteiger partial charge in [-0.05, 0) is 53.6 Å². The molecule has 3 aromatic rings. The summed E-state index contributed by atoms with van der Waals surface area (Å²) in [5.74, 6) is -0.888. The zero-order chi connectivity index (χ0) is 21.5. The Kier molecular flexibility index (Phi) is 7.03. The van der Waals surface area contributed by atoms with Crippen LogP contribution in [0.4, 0.5) is 4.39 Å². The Morgan fingerprint density at radius 2 is 1.80 bits per heavy atom. The SMILES string of the molecule is CN(Cc1ccco1)C(=O)COC(=O)/C(=C/c1ccc(Cl)cc1)c1ccc(F)cc1. The number of furan rings is 1. The van der Waals surface area contributed by atoms with Gasteiger partial charge in [0, 0.05) is 12.1 Å². The summed E-state index contributed by atoms with van der Waals surface area (Å²) < 4.78 is 23.8. The van der Waals surface area contributed by atoms with Crippen molar-refractivity contribution in [2.45, 2.75) is 6.54 Å². The summed E-state index contributed by atoms with van der Waals surface area (Å²) in [6, 6.07) is 15.8. The first-order chi connectivity index (χ1) is 14.4. The molecule has 0 atom stereocenters. The number of nitrogens with zero attached hydrogens (tertiary/aromatic N) is 1. The molecule has 0 bridgehead atoms. The summed E-state index contributed by atoms with van der Waals surface area (Å²) in [4.78, 5) is 26.4. The van der Waals surface area contributed by atoms with Crippen LogP contribution in [0.25, 0.3) is 11.6 Å². The largest absolute Gasteiger partial charge is 0.467 e. The van der Waals surface area contributed by atoms with Crippen LogP contribution in [0.3, 0.4) is 0 Å². The summed E-state index contributed by atoms with van der Waals surface area (Å²) in [5.41, 5.74) is 1.36. The van der Waals surface area contributed by atoms with E-state index in [2.05, 4.69) is 0 Å². The fourth-order valence-electron chi connectivity index (χ4n) is 2.65. The highest BCUT2D eigenvalue weighted by molar-refractivity contribution is 6.30. The molecule has 0 aliphatic heterocycles. The van der Waals surface area contributed by atoms with Crippen molar-refractivity contribution in [1.29, 1.82) is 0 Å². The van der Waals surface area contributed by atoms with E-state index in [1.54, 1.807) is 49.5 Å². The normalized spacial score (nSPS) is 11.2. The van der Waals surface area contributed by atoms with Gasteiger partial charge in [-0.15, -0.1) is 0 Å². The second-order valence-corrected chi connectivity index (χ2v) is 6.96. The highest BCUT2D eigenvalue weighted by Gasteiger charge is 2.18. The summed E-state index contributed by atoms with van der Waals surface area (Å²) in [6.07, 6.45) is 3.12. The molecular weight excluding hydrogens is 409 g/mol. The average Bonchev–Trinajstić information content (AvgIpc) is 3.25. The number of hydrogen-bond acceptors (Lipinski definition) is 4. The van der Waals surface area contributed by atoms with Crippen molar-refractivity contribution >= 4 is 35.1 Å². The minimum atomic E-state index is -0.698. The van der Waals surface area contributed by atoms with Crippen LogP contribution < -0.4 is 0 Å². The average molecular weight is 428 g/mol. The minimum Gasteiger partial charge on any atom is -0.467 e. The zero-order valence-electron chi connectivity index (χ0n) is 16.2. The third-order valence-corrected chi connectivity index (χ3v) is 4.53. The monoisotopic (exact) mass is 427 g/mol. The number of halogens is 2. The van der Waals surface area contributed by atoms with Gasteiger partial charge in [0.2, 0.25) is 0 Å². The highest BCUT2D eigenvalue weighted by atomic mass is 35.5. The lowest BCUT2D eigenvalue weighted by atomic mass is 10.0. The van der Waals surface area contributed by atoms with Gasteiger partial charge in [-0.2, -0.15) is 0 Å². The fourth-order valence-corrected chi connectivity index (χ4v) is 2.78. The molecule has 0 fully saturated rings. The lowest BCUT2D eigenvalue weighted by Crippen LogP contribution is -2.30. The van der Waals surface area contributed by atoms with E-state index >= 15 is 0 Å². The topological polar surface area (TPSA) is 59.8 Å². The van der Waals surface area contributed by atoms with Crippen LogP contribution in [0, 0.1) is 5.82 Å². The van der Waals surface area contributed by atoms with E-state index in [-0.39, 0.29) is 18.0 Å². The summed E-state index contributed by atoms with van der Waals surface area (Å²) in [5, 5.41) is 0.559. The molecule has 30 heavy (non-hydrogen) atoms. The predicted molar refractivity (Wildman–Crippen MR) is 112 cm³/mol. The number of carbonyl (C=O) groups excluding carboxylic acids is 2. The quantitative estimate of drug-likeness (QED) is 0.308. The molecule has 2 aromatic carbocycles. The van der Waals surface area contributed by atoms with Crippen molar-refractivity contribution < 1.29 is 23.1 Å². The number of rotatable bonds is 7. The third kappa shape index (κ3) is 5.81. The Labute approximate surface area is 178 Å². The number of amides is 1. The molecule has 0 saturated carbocycles. The molecule has 0 spiro atoms. The second kappa shape index (κ2) is 9.89. The Hall–Kier alpha value is -3.38. The van der Waals surface area contributed by atoms with E-state index in [1.165, 1.54) is 35.4 Å². The van der Waals surface area contributed by atoms with Crippen molar-refractivity contribution in [2.24, 2.45) is 0 Å². The number of ether oxygens (including phenoxy) is 1. The summed E-state index contributed by atoms with van der Waals surface area (Å²) >= 11 is 5.91. The molecule has 0 unspecified atom stereocenters. The van der Waals surface area contributed by atoms with Crippen LogP contribution in [-0.4, -0.2) is 30.4 Å². The van der Waals surface area contributed by atoms with E-state index < -0.39 is 18.4 Å². The van der Waals surface area contributed by atoms with Crippen LogP contribution in [0.15, 0.2) is 71.3 Å². The smallest absolute Gasteiger partial charge is 0.339 e. The van der Waals surface area contributed by atoms with Crippen molar-refractivity contribution in [3.63, 3.8) is 0 Å². The van der Waals surface area contributed by atoms with Gasteiger partial charge in [-0.1, -0.05) is 35.9 Å². The summed E-state index contributed by atoms with van der Waals surface area (Å²) in [6.45, 7) is -0.177. The molecule has 0 aliphatic carbocycles. The molecule has 5 nitrogen and oxygen atoms in total. The van der Waals surface area contributed by atoms with Gasteiger partial charge in [0.25, 0.3) is 5.91 Å².